The van der Waals surface area contributed by atoms with Gasteiger partial charge in [-0.15, -0.1) is 0 Å². The molecule has 0 saturated heterocycles. The first-order chi connectivity index (χ1) is 26.3. The number of primary amides is 1. The number of nitrogens with zero attached hydrogens (tertiary/aromatic N) is 1. The van der Waals surface area contributed by atoms with Gasteiger partial charge in [0.25, 0.3) is 0 Å². The second-order valence-electron chi connectivity index (χ2n) is 14.4. The fourth-order valence-electron chi connectivity index (χ4n) is 5.40. The van der Waals surface area contributed by atoms with Crippen molar-refractivity contribution in [1.29, 1.82) is 0 Å². The number of rotatable bonds is 37. The first-order valence-electron chi connectivity index (χ1n) is 21.8. The number of amides is 1. The lowest BCUT2D eigenvalue weighted by atomic mass is 10.1. The zero-order chi connectivity index (χ0) is 40.0. The van der Waals surface area contributed by atoms with Crippen LogP contribution in [0.3, 0.4) is 0 Å². The standard InChI is InChI=1S/C41H72O4.C5H12N2O2/c1-3-5-7-9-11-13-15-17-19-21-23-25-27-29-31-33-38-44-40(42)36-35-37-41(43)45-39-34-32-30-28-26-24-22-20-18-16-14-12-10-8-6-4-2;1-7(2)3-4-9-5(6)8/h11-14,17-20H,3-10,15-16,21-39H2,1-2H3;3-4H2,1-2H3,(H2,6,8)/b13-11-,14-12-,19-17-,20-18-;. The lowest BCUT2D eigenvalue weighted by Crippen LogP contribution is -2.22. The molecule has 0 aromatic rings. The summed E-state index contributed by atoms with van der Waals surface area (Å²) in [5.74, 6) is -0.397. The average molecular weight is 761 g/mol. The van der Waals surface area contributed by atoms with Crippen molar-refractivity contribution in [3.8, 4) is 0 Å². The molecular formula is C46H84N2O6. The van der Waals surface area contributed by atoms with Crippen LogP contribution in [-0.2, 0) is 23.8 Å². The van der Waals surface area contributed by atoms with Gasteiger partial charge in [-0.3, -0.25) is 9.59 Å². The van der Waals surface area contributed by atoms with Crippen molar-refractivity contribution in [2.75, 3.05) is 40.5 Å². The Morgan fingerprint density at radius 3 is 1.15 bits per heavy atom. The molecule has 0 aliphatic heterocycles. The first-order valence-corrected chi connectivity index (χ1v) is 21.8. The number of carbonyl (C=O) groups is 3. The molecule has 314 valence electrons. The van der Waals surface area contributed by atoms with Gasteiger partial charge in [-0.2, -0.15) is 0 Å². The van der Waals surface area contributed by atoms with Crippen molar-refractivity contribution in [2.45, 2.75) is 187 Å². The van der Waals surface area contributed by atoms with E-state index in [1.54, 1.807) is 0 Å². The van der Waals surface area contributed by atoms with Crippen LogP contribution >= 0.6 is 0 Å². The number of ether oxygens (including phenoxy) is 3. The van der Waals surface area contributed by atoms with Gasteiger partial charge in [0.15, 0.2) is 0 Å². The van der Waals surface area contributed by atoms with Crippen molar-refractivity contribution in [2.24, 2.45) is 5.73 Å². The number of hydrogen-bond acceptors (Lipinski definition) is 7. The van der Waals surface area contributed by atoms with Crippen LogP contribution in [0.25, 0.3) is 0 Å². The summed E-state index contributed by atoms with van der Waals surface area (Å²) in [7, 11) is 3.79. The van der Waals surface area contributed by atoms with Gasteiger partial charge in [0, 0.05) is 19.4 Å². The summed E-state index contributed by atoms with van der Waals surface area (Å²) in [6, 6.07) is 0. The van der Waals surface area contributed by atoms with Gasteiger partial charge in [-0.05, 0) is 97.6 Å². The molecule has 54 heavy (non-hydrogen) atoms. The number of unbranched alkanes of at least 4 members (excludes halogenated alkanes) is 18. The average Bonchev–Trinajstić information content (AvgIpc) is 3.14. The number of likely N-dealkylation sites (N-methyl/N-ethyl adjacent to an activating group) is 1. The predicted octanol–water partition coefficient (Wildman–Crippen LogP) is 12.5. The topological polar surface area (TPSA) is 108 Å². The second kappa shape index (κ2) is 46.3. The Morgan fingerprint density at radius 1 is 0.444 bits per heavy atom. The number of nitrogens with two attached hydrogens (primary N) is 1. The van der Waals surface area contributed by atoms with Crippen LogP contribution in [0.5, 0.6) is 0 Å². The maximum atomic E-state index is 11.9. The molecule has 0 bridgehead atoms. The van der Waals surface area contributed by atoms with E-state index >= 15 is 0 Å². The maximum Gasteiger partial charge on any atom is 0.404 e. The minimum absolute atomic E-state index is 0.199. The van der Waals surface area contributed by atoms with Crippen LogP contribution in [0.15, 0.2) is 48.6 Å². The van der Waals surface area contributed by atoms with Gasteiger partial charge < -0.3 is 24.8 Å². The molecule has 0 unspecified atom stereocenters. The summed E-state index contributed by atoms with van der Waals surface area (Å²) < 4.78 is 15.1. The zero-order valence-electron chi connectivity index (χ0n) is 35.5. The van der Waals surface area contributed by atoms with Crippen molar-refractivity contribution < 1.29 is 28.6 Å². The van der Waals surface area contributed by atoms with Crippen molar-refractivity contribution in [3.05, 3.63) is 48.6 Å². The Kier molecular flexibility index (Phi) is 45.6. The largest absolute Gasteiger partial charge is 0.466 e. The van der Waals surface area contributed by atoms with Gasteiger partial charge in [0.1, 0.15) is 6.61 Å². The minimum atomic E-state index is -0.711. The Labute approximate surface area is 332 Å². The Hall–Kier alpha value is -2.87. The van der Waals surface area contributed by atoms with Crippen LogP contribution in [0.1, 0.15) is 187 Å². The minimum Gasteiger partial charge on any atom is -0.466 e. The summed E-state index contributed by atoms with van der Waals surface area (Å²) >= 11 is 0. The molecule has 0 aromatic heterocycles. The highest BCUT2D eigenvalue weighted by atomic mass is 16.5. The summed E-state index contributed by atoms with van der Waals surface area (Å²) in [5, 5.41) is 0. The van der Waals surface area contributed by atoms with Crippen LogP contribution in [0.2, 0.25) is 0 Å². The maximum absolute atomic E-state index is 11.9. The molecule has 0 spiro atoms. The summed E-state index contributed by atoms with van der Waals surface area (Å²) in [5.41, 5.74) is 4.70. The third kappa shape index (κ3) is 51.2. The number of esters is 2. The first kappa shape index (κ1) is 53.2. The van der Waals surface area contributed by atoms with Crippen molar-refractivity contribution in [3.63, 3.8) is 0 Å². The van der Waals surface area contributed by atoms with E-state index in [9.17, 15) is 14.4 Å². The van der Waals surface area contributed by atoms with Gasteiger partial charge in [-0.25, -0.2) is 4.79 Å². The lowest BCUT2D eigenvalue weighted by Gasteiger charge is -2.07. The fourth-order valence-corrected chi connectivity index (χ4v) is 5.40. The van der Waals surface area contributed by atoms with Crippen molar-refractivity contribution in [1.82, 2.24) is 4.90 Å². The number of carbonyl (C=O) groups excluding carboxylic acids is 3. The van der Waals surface area contributed by atoms with E-state index in [2.05, 4.69) is 67.2 Å². The molecule has 0 aliphatic carbocycles. The normalized spacial score (nSPS) is 11.6. The Balaban J connectivity index is 0. The molecule has 2 N–H and O–H groups in total. The van der Waals surface area contributed by atoms with Crippen molar-refractivity contribution >= 4 is 18.0 Å². The highest BCUT2D eigenvalue weighted by Crippen LogP contribution is 2.11. The van der Waals surface area contributed by atoms with Gasteiger partial charge in [0.2, 0.25) is 0 Å². The monoisotopic (exact) mass is 761 g/mol. The molecular weight excluding hydrogens is 677 g/mol. The molecule has 0 fully saturated rings. The molecule has 0 aromatic carbocycles. The van der Waals surface area contributed by atoms with E-state index in [1.165, 1.54) is 116 Å². The zero-order valence-corrected chi connectivity index (χ0v) is 35.5. The highest BCUT2D eigenvalue weighted by Gasteiger charge is 2.07. The molecule has 0 radical (unpaired) electrons. The summed E-state index contributed by atoms with van der Waals surface area (Å²) in [6.45, 7) is 6.55. The van der Waals surface area contributed by atoms with Crippen LogP contribution in [0, 0.1) is 0 Å². The molecule has 0 heterocycles. The fraction of sp³-hybridized carbons (Fsp3) is 0.761. The third-order valence-corrected chi connectivity index (χ3v) is 8.76. The van der Waals surface area contributed by atoms with Crippen LogP contribution in [-0.4, -0.2) is 63.4 Å². The molecule has 8 nitrogen and oxygen atoms in total. The Morgan fingerprint density at radius 2 is 0.796 bits per heavy atom. The quantitative estimate of drug-likeness (QED) is 0.0291. The molecule has 0 aliphatic rings. The van der Waals surface area contributed by atoms with Crippen LogP contribution in [0.4, 0.5) is 4.79 Å². The SMILES string of the molecule is CCCCC/C=C\C/C=C\CCCCCCCCOC(=O)CCCC(=O)OCCCCCCCC/C=C\C/C=C\CCCCC.CN(C)CCOC(N)=O. The molecule has 1 amide bonds. The molecule has 0 rings (SSSR count). The van der Waals surface area contributed by atoms with E-state index in [-0.39, 0.29) is 11.9 Å². The molecule has 0 saturated carbocycles. The molecule has 8 heteroatoms. The highest BCUT2D eigenvalue weighted by molar-refractivity contribution is 5.72. The summed E-state index contributed by atoms with van der Waals surface area (Å²) in [4.78, 5) is 35.7. The van der Waals surface area contributed by atoms with Gasteiger partial charge in [-0.1, -0.05) is 140 Å². The smallest absolute Gasteiger partial charge is 0.404 e. The van der Waals surface area contributed by atoms with Crippen LogP contribution < -0.4 is 5.73 Å². The Bertz CT molecular complexity index is 881. The predicted molar refractivity (Wildman–Crippen MR) is 229 cm³/mol. The van der Waals surface area contributed by atoms with E-state index < -0.39 is 6.09 Å². The number of hydrogen-bond donors (Lipinski definition) is 1. The summed E-state index contributed by atoms with van der Waals surface area (Å²) in [6.07, 6.45) is 47.6. The van der Waals surface area contributed by atoms with E-state index in [1.807, 2.05) is 19.0 Å². The second-order valence-corrected chi connectivity index (χ2v) is 14.4. The number of allylic oxidation sites excluding steroid dienone is 8. The van der Waals surface area contributed by atoms with Gasteiger partial charge >= 0.3 is 18.0 Å². The lowest BCUT2D eigenvalue weighted by molar-refractivity contribution is -0.145. The van der Waals surface area contributed by atoms with E-state index in [0.717, 1.165) is 38.5 Å². The molecule has 0 atom stereocenters. The van der Waals surface area contributed by atoms with Gasteiger partial charge in [0.05, 0.1) is 13.2 Å². The van der Waals surface area contributed by atoms with E-state index in [4.69, 9.17) is 15.2 Å². The third-order valence-electron chi connectivity index (χ3n) is 8.76. The van der Waals surface area contributed by atoms with E-state index in [0.29, 0.717) is 45.6 Å².